The Morgan fingerprint density at radius 2 is 1.69 bits per heavy atom. The summed E-state index contributed by atoms with van der Waals surface area (Å²) in [6.07, 6.45) is -4.43. The summed E-state index contributed by atoms with van der Waals surface area (Å²) in [6.45, 7) is -0.705. The number of carbonyl (C=O) groups excluding carboxylic acids is 1. The van der Waals surface area contributed by atoms with E-state index in [1.54, 1.807) is 0 Å². The van der Waals surface area contributed by atoms with Crippen molar-refractivity contribution in [3.8, 4) is 0 Å². The largest absolute Gasteiger partial charge is 0.412 e. The van der Waals surface area contributed by atoms with E-state index in [2.05, 4.69) is 0 Å². The first-order valence-electron chi connectivity index (χ1n) is 3.40. The minimum absolute atomic E-state index is 0. The predicted molar refractivity (Wildman–Crippen MR) is 42.8 cm³/mol. The molecule has 0 spiro atoms. The molecule has 8 N–H and O–H groups in total. The smallest absolute Gasteiger partial charge is 0.139 e. The predicted octanol–water partition coefficient (Wildman–Crippen LogP) is -4.24. The lowest BCUT2D eigenvalue weighted by atomic mass is 10.0. The summed E-state index contributed by atoms with van der Waals surface area (Å²) in [5.74, 6) is 0. The van der Waals surface area contributed by atoms with Gasteiger partial charge < -0.3 is 36.4 Å². The summed E-state index contributed by atoms with van der Waals surface area (Å²) < 4.78 is 0. The van der Waals surface area contributed by atoms with Gasteiger partial charge in [-0.3, -0.25) is 0 Å². The summed E-state index contributed by atoms with van der Waals surface area (Å²) in [4.78, 5) is 10.0. The quantitative estimate of drug-likeness (QED) is 0.281. The highest BCUT2D eigenvalue weighted by atomic mass is 16.4. The molecule has 0 fully saturated rings. The Bertz CT molecular complexity index is 143. The minimum atomic E-state index is -1.62. The SMILES string of the molecule is N[C@H](C=O)[C@@H](O)[C@H](O)[C@H](O)CO.O. The lowest BCUT2D eigenvalue weighted by Gasteiger charge is -2.23. The van der Waals surface area contributed by atoms with E-state index >= 15 is 0 Å². The maximum absolute atomic E-state index is 10.0. The Balaban J connectivity index is 0. The fourth-order valence-electron chi connectivity index (χ4n) is 0.644. The number of aliphatic hydroxyl groups is 4. The van der Waals surface area contributed by atoms with E-state index in [1.165, 1.54) is 0 Å². The van der Waals surface area contributed by atoms with E-state index in [0.717, 1.165) is 0 Å². The van der Waals surface area contributed by atoms with Gasteiger partial charge in [-0.05, 0) is 0 Å². The van der Waals surface area contributed by atoms with E-state index in [0.29, 0.717) is 0 Å². The number of aliphatic hydroxyl groups excluding tert-OH is 4. The van der Waals surface area contributed by atoms with Gasteiger partial charge in [0, 0.05) is 0 Å². The molecule has 0 saturated heterocycles. The first kappa shape index (κ1) is 14.9. The fourth-order valence-corrected chi connectivity index (χ4v) is 0.644. The van der Waals surface area contributed by atoms with E-state index in [1.807, 2.05) is 0 Å². The van der Waals surface area contributed by atoms with Crippen LogP contribution in [0.15, 0.2) is 0 Å². The van der Waals surface area contributed by atoms with Gasteiger partial charge in [0.1, 0.15) is 24.6 Å². The average Bonchev–Trinajstić information content (AvgIpc) is 2.12. The second-order valence-electron chi connectivity index (χ2n) is 2.44. The lowest BCUT2D eigenvalue weighted by Crippen LogP contribution is -2.49. The van der Waals surface area contributed by atoms with Crippen molar-refractivity contribution < 1.29 is 30.7 Å². The standard InChI is InChI=1S/C6H13NO5.H2O/c7-3(1-8)5(11)6(12)4(10)2-9;/h1,3-6,9-12H,2,7H2;1H2/t3-,4-,5-,6-;/m1./s1. The lowest BCUT2D eigenvalue weighted by molar-refractivity contribution is -0.118. The average molecular weight is 197 g/mol. The van der Waals surface area contributed by atoms with Gasteiger partial charge in [-0.2, -0.15) is 0 Å². The molecule has 0 heterocycles. The van der Waals surface area contributed by atoms with Crippen LogP contribution >= 0.6 is 0 Å². The molecular formula is C6H15NO6. The summed E-state index contributed by atoms with van der Waals surface area (Å²) in [5.41, 5.74) is 5.04. The molecular weight excluding hydrogens is 182 g/mol. The highest BCUT2D eigenvalue weighted by Crippen LogP contribution is 2.01. The number of carbonyl (C=O) groups is 1. The zero-order valence-corrected chi connectivity index (χ0v) is 6.87. The van der Waals surface area contributed by atoms with Crippen molar-refractivity contribution in [2.75, 3.05) is 6.61 Å². The third-order valence-electron chi connectivity index (χ3n) is 1.48. The Hall–Kier alpha value is -0.570. The second-order valence-corrected chi connectivity index (χ2v) is 2.44. The molecule has 0 aliphatic rings. The molecule has 0 aromatic carbocycles. The van der Waals surface area contributed by atoms with Crippen LogP contribution in [0.25, 0.3) is 0 Å². The van der Waals surface area contributed by atoms with Gasteiger partial charge >= 0.3 is 0 Å². The number of hydrogen-bond donors (Lipinski definition) is 5. The normalized spacial score (nSPS) is 19.5. The molecule has 4 atom stereocenters. The maximum Gasteiger partial charge on any atom is 0.139 e. The number of hydrogen-bond acceptors (Lipinski definition) is 6. The summed E-state index contributed by atoms with van der Waals surface area (Å²) in [5, 5.41) is 35.2. The topological polar surface area (TPSA) is 156 Å². The van der Waals surface area contributed by atoms with Gasteiger partial charge in [0.25, 0.3) is 0 Å². The van der Waals surface area contributed by atoms with Gasteiger partial charge in [0.05, 0.1) is 12.6 Å². The molecule has 0 aliphatic heterocycles. The Morgan fingerprint density at radius 1 is 1.23 bits per heavy atom. The molecule has 7 nitrogen and oxygen atoms in total. The van der Waals surface area contributed by atoms with Crippen molar-refractivity contribution in [1.82, 2.24) is 0 Å². The molecule has 0 amide bonds. The summed E-state index contributed by atoms with van der Waals surface area (Å²) >= 11 is 0. The molecule has 0 saturated carbocycles. The molecule has 0 unspecified atom stereocenters. The van der Waals surface area contributed by atoms with Crippen LogP contribution in [0.1, 0.15) is 0 Å². The molecule has 7 heteroatoms. The van der Waals surface area contributed by atoms with Crippen molar-refractivity contribution >= 4 is 6.29 Å². The monoisotopic (exact) mass is 197 g/mol. The van der Waals surface area contributed by atoms with E-state index in [-0.39, 0.29) is 11.8 Å². The molecule has 0 rings (SSSR count). The van der Waals surface area contributed by atoms with Crippen molar-refractivity contribution in [2.24, 2.45) is 5.73 Å². The minimum Gasteiger partial charge on any atom is -0.412 e. The van der Waals surface area contributed by atoms with Gasteiger partial charge in [0.15, 0.2) is 0 Å². The van der Waals surface area contributed by atoms with Crippen LogP contribution < -0.4 is 5.73 Å². The van der Waals surface area contributed by atoms with Crippen LogP contribution in [-0.2, 0) is 4.79 Å². The van der Waals surface area contributed by atoms with Gasteiger partial charge in [-0.25, -0.2) is 0 Å². The second kappa shape index (κ2) is 6.89. The molecule has 0 bridgehead atoms. The van der Waals surface area contributed by atoms with Gasteiger partial charge in [-0.15, -0.1) is 0 Å². The highest BCUT2D eigenvalue weighted by molar-refractivity contribution is 5.58. The summed E-state index contributed by atoms with van der Waals surface area (Å²) in [6, 6.07) is -1.26. The summed E-state index contributed by atoms with van der Waals surface area (Å²) in [7, 11) is 0. The maximum atomic E-state index is 10.0. The van der Waals surface area contributed by atoms with Crippen LogP contribution in [0, 0.1) is 0 Å². The fraction of sp³-hybridized carbons (Fsp3) is 0.833. The zero-order chi connectivity index (χ0) is 9.72. The molecule has 13 heavy (non-hydrogen) atoms. The number of aldehydes is 1. The van der Waals surface area contributed by atoms with Crippen LogP contribution in [-0.4, -0.2) is 63.1 Å². The molecule has 80 valence electrons. The van der Waals surface area contributed by atoms with Gasteiger partial charge in [-0.1, -0.05) is 0 Å². The molecule has 0 aromatic rings. The van der Waals surface area contributed by atoms with Crippen LogP contribution in [0.5, 0.6) is 0 Å². The zero-order valence-electron chi connectivity index (χ0n) is 6.87. The Labute approximate surface area is 74.7 Å². The number of nitrogens with two attached hydrogens (primary N) is 1. The molecule has 0 radical (unpaired) electrons. The molecule has 0 aliphatic carbocycles. The Morgan fingerprint density at radius 3 is 2.00 bits per heavy atom. The van der Waals surface area contributed by atoms with E-state index in [9.17, 15) is 4.79 Å². The van der Waals surface area contributed by atoms with E-state index < -0.39 is 31.0 Å². The van der Waals surface area contributed by atoms with Crippen LogP contribution in [0.4, 0.5) is 0 Å². The van der Waals surface area contributed by atoms with Crippen molar-refractivity contribution in [2.45, 2.75) is 24.4 Å². The van der Waals surface area contributed by atoms with Crippen molar-refractivity contribution in [3.63, 3.8) is 0 Å². The first-order valence-corrected chi connectivity index (χ1v) is 3.40. The van der Waals surface area contributed by atoms with Crippen LogP contribution in [0.2, 0.25) is 0 Å². The van der Waals surface area contributed by atoms with Crippen molar-refractivity contribution in [3.05, 3.63) is 0 Å². The van der Waals surface area contributed by atoms with Crippen molar-refractivity contribution in [1.29, 1.82) is 0 Å². The first-order chi connectivity index (χ1) is 5.54. The van der Waals surface area contributed by atoms with Gasteiger partial charge in [0.2, 0.25) is 0 Å². The third-order valence-corrected chi connectivity index (χ3v) is 1.48. The Kier molecular flexibility index (Phi) is 7.92. The van der Waals surface area contributed by atoms with Crippen LogP contribution in [0.3, 0.4) is 0 Å². The highest BCUT2D eigenvalue weighted by Gasteiger charge is 2.28. The van der Waals surface area contributed by atoms with E-state index in [4.69, 9.17) is 26.2 Å². The number of rotatable bonds is 5. The third kappa shape index (κ3) is 4.27. The molecule has 0 aromatic heterocycles.